The van der Waals surface area contributed by atoms with Crippen molar-refractivity contribution in [3.63, 3.8) is 0 Å². The standard InChI is InChI=1S/C23H32N2O3/c1-3-5-6-7-15-28-21-12-8-10-19(16-21)24-18-23(26)25-20-11-9-13-22(17-20)27-14-4-2/h8-13,16-17,24H,3-7,14-15,18H2,1-2H3,(H,25,26). The number of amides is 1. The number of rotatable bonds is 13. The Balaban J connectivity index is 1.77. The molecule has 0 aliphatic carbocycles. The largest absolute Gasteiger partial charge is 0.494 e. The molecule has 2 aromatic rings. The molecule has 0 bridgehead atoms. The van der Waals surface area contributed by atoms with E-state index in [0.29, 0.717) is 6.61 Å². The second-order valence-electron chi connectivity index (χ2n) is 6.71. The Morgan fingerprint density at radius 2 is 1.50 bits per heavy atom. The minimum atomic E-state index is -0.112. The zero-order valence-electron chi connectivity index (χ0n) is 17.0. The Hall–Kier alpha value is -2.69. The molecule has 0 aromatic heterocycles. The van der Waals surface area contributed by atoms with Crippen molar-refractivity contribution in [1.29, 1.82) is 0 Å². The molecule has 0 fully saturated rings. The maximum Gasteiger partial charge on any atom is 0.243 e. The van der Waals surface area contributed by atoms with E-state index >= 15 is 0 Å². The third kappa shape index (κ3) is 8.33. The smallest absolute Gasteiger partial charge is 0.243 e. The van der Waals surface area contributed by atoms with Gasteiger partial charge in [0.05, 0.1) is 19.8 Å². The summed E-state index contributed by atoms with van der Waals surface area (Å²) in [7, 11) is 0. The van der Waals surface area contributed by atoms with E-state index in [2.05, 4.69) is 24.5 Å². The Morgan fingerprint density at radius 3 is 2.21 bits per heavy atom. The second-order valence-corrected chi connectivity index (χ2v) is 6.71. The van der Waals surface area contributed by atoms with Crippen molar-refractivity contribution in [2.45, 2.75) is 46.0 Å². The molecule has 0 saturated carbocycles. The van der Waals surface area contributed by atoms with Crippen LogP contribution in [0.15, 0.2) is 48.5 Å². The molecule has 0 aliphatic heterocycles. The van der Waals surface area contributed by atoms with Gasteiger partial charge in [0.1, 0.15) is 11.5 Å². The van der Waals surface area contributed by atoms with Gasteiger partial charge in [-0.3, -0.25) is 4.79 Å². The molecule has 0 saturated heterocycles. The van der Waals surface area contributed by atoms with E-state index in [-0.39, 0.29) is 12.5 Å². The summed E-state index contributed by atoms with van der Waals surface area (Å²) in [6.45, 7) is 5.82. The summed E-state index contributed by atoms with van der Waals surface area (Å²) in [5.41, 5.74) is 1.59. The normalized spacial score (nSPS) is 10.4. The van der Waals surface area contributed by atoms with Gasteiger partial charge in [0, 0.05) is 23.5 Å². The Bertz CT molecular complexity index is 718. The summed E-state index contributed by atoms with van der Waals surface area (Å²) < 4.78 is 11.4. The van der Waals surface area contributed by atoms with E-state index < -0.39 is 0 Å². The first-order chi connectivity index (χ1) is 13.7. The first-order valence-corrected chi connectivity index (χ1v) is 10.2. The average molecular weight is 385 g/mol. The Labute approximate surface area is 168 Å². The van der Waals surface area contributed by atoms with Crippen LogP contribution in [0.3, 0.4) is 0 Å². The molecule has 1 amide bonds. The zero-order valence-corrected chi connectivity index (χ0v) is 17.0. The van der Waals surface area contributed by atoms with Gasteiger partial charge in [0.25, 0.3) is 0 Å². The van der Waals surface area contributed by atoms with Gasteiger partial charge in [0.15, 0.2) is 0 Å². The fourth-order valence-corrected chi connectivity index (χ4v) is 2.69. The van der Waals surface area contributed by atoms with Crippen molar-refractivity contribution < 1.29 is 14.3 Å². The molecule has 28 heavy (non-hydrogen) atoms. The number of benzene rings is 2. The summed E-state index contributed by atoms with van der Waals surface area (Å²) in [5.74, 6) is 1.47. The summed E-state index contributed by atoms with van der Waals surface area (Å²) in [4.78, 5) is 12.2. The summed E-state index contributed by atoms with van der Waals surface area (Å²) in [6.07, 6.45) is 5.67. The lowest BCUT2D eigenvalue weighted by Crippen LogP contribution is -2.21. The molecule has 5 heteroatoms. The van der Waals surface area contributed by atoms with Gasteiger partial charge in [0.2, 0.25) is 5.91 Å². The van der Waals surface area contributed by atoms with Crippen molar-refractivity contribution >= 4 is 17.3 Å². The number of carbonyl (C=O) groups is 1. The molecule has 0 heterocycles. The van der Waals surface area contributed by atoms with Gasteiger partial charge in [-0.2, -0.15) is 0 Å². The maximum atomic E-state index is 12.2. The van der Waals surface area contributed by atoms with Crippen LogP contribution in [0.2, 0.25) is 0 Å². The number of ether oxygens (including phenoxy) is 2. The van der Waals surface area contributed by atoms with Gasteiger partial charge in [-0.05, 0) is 37.1 Å². The molecule has 5 nitrogen and oxygen atoms in total. The monoisotopic (exact) mass is 384 g/mol. The fourth-order valence-electron chi connectivity index (χ4n) is 2.69. The number of unbranched alkanes of at least 4 members (excludes halogenated alkanes) is 3. The summed E-state index contributed by atoms with van der Waals surface area (Å²) in [5, 5.41) is 6.03. The molecule has 2 aromatic carbocycles. The van der Waals surface area contributed by atoms with Crippen LogP contribution in [0.4, 0.5) is 11.4 Å². The van der Waals surface area contributed by atoms with Crippen molar-refractivity contribution in [3.05, 3.63) is 48.5 Å². The average Bonchev–Trinajstić information content (AvgIpc) is 2.71. The van der Waals surface area contributed by atoms with Crippen LogP contribution in [0.5, 0.6) is 11.5 Å². The van der Waals surface area contributed by atoms with E-state index in [0.717, 1.165) is 42.3 Å². The fraction of sp³-hybridized carbons (Fsp3) is 0.435. The van der Waals surface area contributed by atoms with Gasteiger partial charge in [-0.25, -0.2) is 0 Å². The minimum absolute atomic E-state index is 0.112. The third-order valence-electron chi connectivity index (χ3n) is 4.14. The first-order valence-electron chi connectivity index (χ1n) is 10.2. The molecule has 0 aliphatic rings. The lowest BCUT2D eigenvalue weighted by Gasteiger charge is -2.11. The van der Waals surface area contributed by atoms with Crippen LogP contribution >= 0.6 is 0 Å². The zero-order chi connectivity index (χ0) is 20.0. The van der Waals surface area contributed by atoms with E-state index in [1.54, 1.807) is 0 Å². The van der Waals surface area contributed by atoms with Crippen LogP contribution in [0.1, 0.15) is 46.0 Å². The highest BCUT2D eigenvalue weighted by atomic mass is 16.5. The highest BCUT2D eigenvalue weighted by molar-refractivity contribution is 5.93. The molecule has 2 rings (SSSR count). The molecule has 2 N–H and O–H groups in total. The Morgan fingerprint density at radius 1 is 0.821 bits per heavy atom. The van der Waals surface area contributed by atoms with Crippen LogP contribution in [-0.2, 0) is 4.79 Å². The van der Waals surface area contributed by atoms with Crippen LogP contribution in [0, 0.1) is 0 Å². The topological polar surface area (TPSA) is 59.6 Å². The lowest BCUT2D eigenvalue weighted by atomic mass is 10.2. The molecule has 0 unspecified atom stereocenters. The van der Waals surface area contributed by atoms with E-state index in [4.69, 9.17) is 9.47 Å². The maximum absolute atomic E-state index is 12.2. The first kappa shape index (κ1) is 21.6. The van der Waals surface area contributed by atoms with Crippen molar-refractivity contribution in [1.82, 2.24) is 0 Å². The predicted molar refractivity (Wildman–Crippen MR) is 115 cm³/mol. The van der Waals surface area contributed by atoms with Crippen LogP contribution in [-0.4, -0.2) is 25.7 Å². The lowest BCUT2D eigenvalue weighted by molar-refractivity contribution is -0.114. The van der Waals surface area contributed by atoms with Gasteiger partial charge in [-0.15, -0.1) is 0 Å². The van der Waals surface area contributed by atoms with Gasteiger partial charge >= 0.3 is 0 Å². The predicted octanol–water partition coefficient (Wildman–Crippen LogP) is 5.49. The van der Waals surface area contributed by atoms with Crippen molar-refractivity contribution in [2.75, 3.05) is 30.4 Å². The molecule has 0 radical (unpaired) electrons. The molecule has 0 atom stereocenters. The number of nitrogens with one attached hydrogen (secondary N) is 2. The van der Waals surface area contributed by atoms with Crippen LogP contribution in [0.25, 0.3) is 0 Å². The number of hydrogen-bond acceptors (Lipinski definition) is 4. The summed E-state index contributed by atoms with van der Waals surface area (Å²) in [6, 6.07) is 15.2. The van der Waals surface area contributed by atoms with E-state index in [1.165, 1.54) is 19.3 Å². The number of anilines is 2. The van der Waals surface area contributed by atoms with Gasteiger partial charge in [-0.1, -0.05) is 45.2 Å². The molecular formula is C23H32N2O3. The Kier molecular flexibility index (Phi) is 9.76. The van der Waals surface area contributed by atoms with Crippen molar-refractivity contribution in [2.24, 2.45) is 0 Å². The summed E-state index contributed by atoms with van der Waals surface area (Å²) >= 11 is 0. The van der Waals surface area contributed by atoms with Crippen molar-refractivity contribution in [3.8, 4) is 11.5 Å². The van der Waals surface area contributed by atoms with Crippen LogP contribution < -0.4 is 20.1 Å². The minimum Gasteiger partial charge on any atom is -0.494 e. The molecule has 152 valence electrons. The SMILES string of the molecule is CCCCCCOc1cccc(NCC(=O)Nc2cccc(OCCC)c2)c1. The van der Waals surface area contributed by atoms with Gasteiger partial charge < -0.3 is 20.1 Å². The second kappa shape index (κ2) is 12.7. The third-order valence-corrected chi connectivity index (χ3v) is 4.14. The molecular weight excluding hydrogens is 352 g/mol. The number of carbonyl (C=O) groups excluding carboxylic acids is 1. The van der Waals surface area contributed by atoms with E-state index in [9.17, 15) is 4.79 Å². The number of hydrogen-bond donors (Lipinski definition) is 2. The highest BCUT2D eigenvalue weighted by Crippen LogP contribution is 2.19. The quantitative estimate of drug-likeness (QED) is 0.449. The molecule has 0 spiro atoms. The highest BCUT2D eigenvalue weighted by Gasteiger charge is 2.04. The van der Waals surface area contributed by atoms with E-state index in [1.807, 2.05) is 48.5 Å².